The lowest BCUT2D eigenvalue weighted by Gasteiger charge is -2.20. The monoisotopic (exact) mass is 280 g/mol. The Morgan fingerprint density at radius 1 is 1.30 bits per heavy atom. The minimum Gasteiger partial charge on any atom is -0.495 e. The first-order valence-corrected chi connectivity index (χ1v) is 6.18. The van der Waals surface area contributed by atoms with E-state index in [0.29, 0.717) is 17.0 Å². The van der Waals surface area contributed by atoms with Crippen molar-refractivity contribution in [2.45, 2.75) is 26.4 Å². The number of carbonyl (C=O) groups is 2. The summed E-state index contributed by atoms with van der Waals surface area (Å²) in [5.74, 6) is 0.212. The Hall–Kier alpha value is -2.08. The molecule has 0 aliphatic carbocycles. The molecule has 0 aliphatic rings. The van der Waals surface area contributed by atoms with Crippen LogP contribution in [0, 0.1) is 0 Å². The highest BCUT2D eigenvalue weighted by atomic mass is 16.6. The Kier molecular flexibility index (Phi) is 5.10. The number of nitrogens with two attached hydrogens (primary N) is 1. The summed E-state index contributed by atoms with van der Waals surface area (Å²) in [4.78, 5) is 23.3. The number of Topliss-reactive ketones (excluding diaryl/α,β-unsaturated/α-hetero) is 1. The van der Waals surface area contributed by atoms with Gasteiger partial charge in [-0.15, -0.1) is 0 Å². The zero-order chi connectivity index (χ0) is 15.3. The van der Waals surface area contributed by atoms with Crippen molar-refractivity contribution in [2.75, 3.05) is 19.0 Å². The van der Waals surface area contributed by atoms with E-state index in [1.807, 2.05) is 0 Å². The fraction of sp³-hybridized carbons (Fsp3) is 0.429. The number of rotatable bonds is 4. The van der Waals surface area contributed by atoms with Gasteiger partial charge in [-0.25, -0.2) is 4.79 Å². The number of nitrogens with one attached hydrogen (secondary N) is 1. The summed E-state index contributed by atoms with van der Waals surface area (Å²) in [6.07, 6.45) is -0.617. The molecule has 0 radical (unpaired) electrons. The molecule has 0 unspecified atom stereocenters. The molecule has 3 N–H and O–H groups in total. The maximum atomic E-state index is 11.7. The van der Waals surface area contributed by atoms with E-state index in [2.05, 4.69) is 5.32 Å². The molecule has 0 aliphatic heterocycles. The van der Waals surface area contributed by atoms with Crippen LogP contribution < -0.4 is 15.8 Å². The van der Waals surface area contributed by atoms with Crippen molar-refractivity contribution < 1.29 is 19.1 Å². The first-order chi connectivity index (χ1) is 9.26. The van der Waals surface area contributed by atoms with Gasteiger partial charge in [-0.3, -0.25) is 10.1 Å². The van der Waals surface area contributed by atoms with Crippen molar-refractivity contribution in [3.63, 3.8) is 0 Å². The van der Waals surface area contributed by atoms with Gasteiger partial charge in [0.2, 0.25) is 0 Å². The van der Waals surface area contributed by atoms with Gasteiger partial charge in [0.15, 0.2) is 5.78 Å². The molecule has 0 saturated carbocycles. The average molecular weight is 280 g/mol. The third kappa shape index (κ3) is 4.55. The standard InChI is InChI=1S/C14H20N2O4/c1-14(2,3)20-13(18)16-10-7-9(11(17)8-15)5-6-12(10)19-4/h5-7H,8,15H2,1-4H3,(H,16,18). The molecular formula is C14H20N2O4. The van der Waals surface area contributed by atoms with Crippen LogP contribution in [0.5, 0.6) is 5.75 Å². The maximum absolute atomic E-state index is 11.7. The number of benzene rings is 1. The zero-order valence-corrected chi connectivity index (χ0v) is 12.1. The van der Waals surface area contributed by atoms with Crippen LogP contribution in [0.1, 0.15) is 31.1 Å². The summed E-state index contributed by atoms with van der Waals surface area (Å²) < 4.78 is 10.3. The average Bonchev–Trinajstić information content (AvgIpc) is 2.35. The molecule has 0 aromatic heterocycles. The highest BCUT2D eigenvalue weighted by Gasteiger charge is 2.18. The molecule has 0 fully saturated rings. The Morgan fingerprint density at radius 3 is 2.45 bits per heavy atom. The summed E-state index contributed by atoms with van der Waals surface area (Å²) in [7, 11) is 1.47. The molecule has 0 spiro atoms. The Balaban J connectivity index is 2.97. The van der Waals surface area contributed by atoms with E-state index in [0.717, 1.165) is 0 Å². The van der Waals surface area contributed by atoms with Gasteiger partial charge in [-0.2, -0.15) is 0 Å². The van der Waals surface area contributed by atoms with E-state index in [9.17, 15) is 9.59 Å². The summed E-state index contributed by atoms with van der Waals surface area (Å²) >= 11 is 0. The molecular weight excluding hydrogens is 260 g/mol. The molecule has 1 aromatic rings. The number of anilines is 1. The fourth-order valence-corrected chi connectivity index (χ4v) is 1.51. The summed E-state index contributed by atoms with van der Waals surface area (Å²) in [6.45, 7) is 5.19. The molecule has 6 nitrogen and oxygen atoms in total. The van der Waals surface area contributed by atoms with Crippen LogP contribution in [-0.4, -0.2) is 31.1 Å². The minimum atomic E-state index is -0.617. The second kappa shape index (κ2) is 6.38. The number of hydrogen-bond donors (Lipinski definition) is 2. The van der Waals surface area contributed by atoms with Crippen LogP contribution >= 0.6 is 0 Å². The fourth-order valence-electron chi connectivity index (χ4n) is 1.51. The van der Waals surface area contributed by atoms with Crippen molar-refractivity contribution in [1.82, 2.24) is 0 Å². The van der Waals surface area contributed by atoms with Crippen LogP contribution in [0.4, 0.5) is 10.5 Å². The van der Waals surface area contributed by atoms with Crippen LogP contribution in [0.2, 0.25) is 0 Å². The normalized spacial score (nSPS) is 10.8. The lowest BCUT2D eigenvalue weighted by molar-refractivity contribution is 0.0635. The molecule has 1 amide bonds. The molecule has 0 bridgehead atoms. The van der Waals surface area contributed by atoms with Gasteiger partial charge >= 0.3 is 6.09 Å². The number of hydrogen-bond acceptors (Lipinski definition) is 5. The highest BCUT2D eigenvalue weighted by Crippen LogP contribution is 2.26. The SMILES string of the molecule is COc1ccc(C(=O)CN)cc1NC(=O)OC(C)(C)C. The van der Waals surface area contributed by atoms with Crippen LogP contribution in [0.3, 0.4) is 0 Å². The molecule has 1 aromatic carbocycles. The van der Waals surface area contributed by atoms with E-state index in [1.54, 1.807) is 32.9 Å². The van der Waals surface area contributed by atoms with Crippen LogP contribution in [-0.2, 0) is 4.74 Å². The minimum absolute atomic E-state index is 0.0990. The van der Waals surface area contributed by atoms with Crippen molar-refractivity contribution in [2.24, 2.45) is 5.73 Å². The van der Waals surface area contributed by atoms with Crippen LogP contribution in [0.15, 0.2) is 18.2 Å². The van der Waals surface area contributed by atoms with E-state index in [1.165, 1.54) is 13.2 Å². The number of carbonyl (C=O) groups excluding carboxylic acids is 2. The third-order valence-electron chi connectivity index (χ3n) is 2.34. The second-order valence-corrected chi connectivity index (χ2v) is 5.17. The predicted octanol–water partition coefficient (Wildman–Crippen LogP) is 2.18. The van der Waals surface area contributed by atoms with Gasteiger partial charge in [0, 0.05) is 5.56 Å². The van der Waals surface area contributed by atoms with Crippen molar-refractivity contribution >= 4 is 17.6 Å². The molecule has 6 heteroatoms. The van der Waals surface area contributed by atoms with Crippen molar-refractivity contribution in [1.29, 1.82) is 0 Å². The highest BCUT2D eigenvalue weighted by molar-refractivity contribution is 5.99. The van der Waals surface area contributed by atoms with Gasteiger partial charge < -0.3 is 15.2 Å². The summed E-state index contributed by atoms with van der Waals surface area (Å²) in [5.41, 5.74) is 5.47. The van der Waals surface area contributed by atoms with Crippen molar-refractivity contribution in [3.05, 3.63) is 23.8 Å². The smallest absolute Gasteiger partial charge is 0.412 e. The number of ketones is 1. The van der Waals surface area contributed by atoms with Crippen LogP contribution in [0.25, 0.3) is 0 Å². The third-order valence-corrected chi connectivity index (χ3v) is 2.34. The van der Waals surface area contributed by atoms with Gasteiger partial charge in [-0.1, -0.05) is 0 Å². The largest absolute Gasteiger partial charge is 0.495 e. The van der Waals surface area contributed by atoms with E-state index >= 15 is 0 Å². The van der Waals surface area contributed by atoms with Gasteiger partial charge in [0.25, 0.3) is 0 Å². The lowest BCUT2D eigenvalue weighted by atomic mass is 10.1. The Bertz CT molecular complexity index is 506. The molecule has 0 saturated heterocycles. The zero-order valence-electron chi connectivity index (χ0n) is 12.1. The summed E-state index contributed by atoms with van der Waals surface area (Å²) in [6, 6.07) is 4.70. The maximum Gasteiger partial charge on any atom is 0.412 e. The van der Waals surface area contributed by atoms with E-state index < -0.39 is 11.7 Å². The second-order valence-electron chi connectivity index (χ2n) is 5.17. The quantitative estimate of drug-likeness (QED) is 0.825. The van der Waals surface area contributed by atoms with Crippen molar-refractivity contribution in [3.8, 4) is 5.75 Å². The number of ether oxygens (including phenoxy) is 2. The van der Waals surface area contributed by atoms with E-state index in [4.69, 9.17) is 15.2 Å². The molecule has 0 atom stereocenters. The predicted molar refractivity (Wildman–Crippen MR) is 76.2 cm³/mol. The van der Waals surface area contributed by atoms with Gasteiger partial charge in [0.05, 0.1) is 19.3 Å². The first kappa shape index (κ1) is 16.0. The molecule has 0 heterocycles. The lowest BCUT2D eigenvalue weighted by Crippen LogP contribution is -2.27. The Labute approximate surface area is 118 Å². The van der Waals surface area contributed by atoms with Gasteiger partial charge in [-0.05, 0) is 39.0 Å². The number of amides is 1. The molecule has 110 valence electrons. The summed E-state index contributed by atoms with van der Waals surface area (Å²) in [5, 5.41) is 2.56. The molecule has 20 heavy (non-hydrogen) atoms. The Morgan fingerprint density at radius 2 is 1.95 bits per heavy atom. The van der Waals surface area contributed by atoms with Gasteiger partial charge in [0.1, 0.15) is 11.4 Å². The topological polar surface area (TPSA) is 90.6 Å². The first-order valence-electron chi connectivity index (χ1n) is 6.18. The number of methoxy groups -OCH3 is 1. The molecule has 1 rings (SSSR count). The van der Waals surface area contributed by atoms with E-state index in [-0.39, 0.29) is 12.3 Å².